The van der Waals surface area contributed by atoms with Crippen molar-refractivity contribution >= 4 is 18.4 Å². The number of carbonyl (C=O) groups is 1. The van der Waals surface area contributed by atoms with E-state index in [1.54, 1.807) is 24.3 Å². The third-order valence-corrected chi connectivity index (χ3v) is 3.52. The van der Waals surface area contributed by atoms with Crippen molar-refractivity contribution < 1.29 is 19.6 Å². The lowest BCUT2D eigenvalue weighted by Gasteiger charge is -2.14. The van der Waals surface area contributed by atoms with Gasteiger partial charge in [-0.05, 0) is 23.9 Å². The second-order valence-electron chi connectivity index (χ2n) is 5.35. The van der Waals surface area contributed by atoms with E-state index < -0.39 is 7.12 Å². The molecule has 1 aromatic carbocycles. The van der Waals surface area contributed by atoms with Crippen molar-refractivity contribution in [1.29, 1.82) is 0 Å². The van der Waals surface area contributed by atoms with Crippen LogP contribution in [-0.2, 0) is 16.1 Å². The van der Waals surface area contributed by atoms with Crippen LogP contribution >= 0.6 is 0 Å². The molecule has 5 heteroatoms. The molecule has 2 N–H and O–H groups in total. The highest BCUT2D eigenvalue weighted by molar-refractivity contribution is 6.58. The molecule has 0 aliphatic rings. The minimum Gasteiger partial charge on any atom is -0.423 e. The molecule has 21 heavy (non-hydrogen) atoms. The van der Waals surface area contributed by atoms with Gasteiger partial charge >= 0.3 is 7.12 Å². The predicted molar refractivity (Wildman–Crippen MR) is 84.2 cm³/mol. The van der Waals surface area contributed by atoms with Gasteiger partial charge in [0.2, 0.25) is 0 Å². The maximum atomic E-state index is 12.1. The summed E-state index contributed by atoms with van der Waals surface area (Å²) in [5.74, 6) is 0.299. The monoisotopic (exact) mass is 292 g/mol. The minimum absolute atomic E-state index is 0.118. The van der Waals surface area contributed by atoms with Crippen LogP contribution in [0.15, 0.2) is 24.3 Å². The van der Waals surface area contributed by atoms with E-state index in [1.807, 2.05) is 0 Å². The standard InChI is InChI=1S/C16H25BO4/c1-3-5-14(6-4-2)16(18)12-21-11-13-7-9-15(10-8-13)17(19)20/h7-10,14,19-20H,3-6,11-12H2,1-2H3. The summed E-state index contributed by atoms with van der Waals surface area (Å²) in [5, 5.41) is 18.0. The van der Waals surface area contributed by atoms with Gasteiger partial charge in [-0.25, -0.2) is 0 Å². The number of hydrogen-bond acceptors (Lipinski definition) is 4. The minimum atomic E-state index is -1.45. The van der Waals surface area contributed by atoms with Crippen LogP contribution in [0, 0.1) is 5.92 Å². The van der Waals surface area contributed by atoms with Gasteiger partial charge in [-0.1, -0.05) is 51.0 Å². The molecule has 0 aliphatic carbocycles. The molecule has 0 aliphatic heterocycles. The molecule has 1 rings (SSSR count). The third-order valence-electron chi connectivity index (χ3n) is 3.52. The first-order valence-corrected chi connectivity index (χ1v) is 7.63. The van der Waals surface area contributed by atoms with Gasteiger partial charge in [0.1, 0.15) is 6.61 Å². The fraction of sp³-hybridized carbons (Fsp3) is 0.562. The van der Waals surface area contributed by atoms with Gasteiger partial charge in [0, 0.05) is 5.92 Å². The Labute approximate surface area is 127 Å². The summed E-state index contributed by atoms with van der Waals surface area (Å²) in [6.45, 7) is 4.69. The van der Waals surface area contributed by atoms with E-state index in [1.165, 1.54) is 0 Å². The molecular weight excluding hydrogens is 267 g/mol. The Bertz CT molecular complexity index is 411. The first-order valence-electron chi connectivity index (χ1n) is 7.63. The lowest BCUT2D eigenvalue weighted by Crippen LogP contribution is -2.29. The Kier molecular flexibility index (Phi) is 8.27. The summed E-state index contributed by atoms with van der Waals surface area (Å²) >= 11 is 0. The van der Waals surface area contributed by atoms with Gasteiger partial charge in [0.15, 0.2) is 5.78 Å². The smallest absolute Gasteiger partial charge is 0.423 e. The van der Waals surface area contributed by atoms with Crippen LogP contribution in [0.1, 0.15) is 45.1 Å². The maximum Gasteiger partial charge on any atom is 0.488 e. The fourth-order valence-corrected chi connectivity index (χ4v) is 2.34. The zero-order valence-electron chi connectivity index (χ0n) is 12.9. The lowest BCUT2D eigenvalue weighted by molar-refractivity contribution is -0.128. The molecule has 0 spiro atoms. The van der Waals surface area contributed by atoms with Crippen LogP contribution in [0.5, 0.6) is 0 Å². The molecule has 0 bridgehead atoms. The van der Waals surface area contributed by atoms with E-state index in [0.29, 0.717) is 12.1 Å². The highest BCUT2D eigenvalue weighted by Gasteiger charge is 2.16. The van der Waals surface area contributed by atoms with Gasteiger partial charge < -0.3 is 14.8 Å². The molecule has 4 nitrogen and oxygen atoms in total. The van der Waals surface area contributed by atoms with Crippen molar-refractivity contribution in [3.05, 3.63) is 29.8 Å². The Morgan fingerprint density at radius 2 is 1.71 bits per heavy atom. The van der Waals surface area contributed by atoms with Crippen molar-refractivity contribution in [2.75, 3.05) is 6.61 Å². The van der Waals surface area contributed by atoms with Gasteiger partial charge in [-0.3, -0.25) is 4.79 Å². The van der Waals surface area contributed by atoms with Crippen LogP contribution in [0.3, 0.4) is 0 Å². The average Bonchev–Trinajstić information content (AvgIpc) is 2.47. The second kappa shape index (κ2) is 9.71. The molecule has 116 valence electrons. The molecule has 0 aromatic heterocycles. The molecular formula is C16H25BO4. The number of hydrogen-bond donors (Lipinski definition) is 2. The molecule has 0 saturated heterocycles. The summed E-state index contributed by atoms with van der Waals surface area (Å²) in [5.41, 5.74) is 1.36. The fourth-order valence-electron chi connectivity index (χ4n) is 2.34. The molecule has 0 fully saturated rings. The molecule has 0 saturated carbocycles. The van der Waals surface area contributed by atoms with Crippen LogP contribution < -0.4 is 5.46 Å². The molecule has 0 amide bonds. The van der Waals surface area contributed by atoms with Crippen molar-refractivity contribution in [2.24, 2.45) is 5.92 Å². The van der Waals surface area contributed by atoms with Gasteiger partial charge in [0.05, 0.1) is 6.61 Å². The number of benzene rings is 1. The second-order valence-corrected chi connectivity index (χ2v) is 5.35. The lowest BCUT2D eigenvalue weighted by atomic mass is 9.80. The number of ether oxygens (including phenoxy) is 1. The molecule has 0 heterocycles. The van der Waals surface area contributed by atoms with Crippen LogP contribution in [-0.4, -0.2) is 29.6 Å². The Balaban J connectivity index is 2.39. The number of ketones is 1. The zero-order chi connectivity index (χ0) is 15.7. The van der Waals surface area contributed by atoms with E-state index in [9.17, 15) is 4.79 Å². The van der Waals surface area contributed by atoms with Crippen LogP contribution in [0.2, 0.25) is 0 Å². The summed E-state index contributed by atoms with van der Waals surface area (Å²) in [6, 6.07) is 6.83. The Morgan fingerprint density at radius 1 is 1.14 bits per heavy atom. The van der Waals surface area contributed by atoms with Gasteiger partial charge in [-0.15, -0.1) is 0 Å². The highest BCUT2D eigenvalue weighted by atomic mass is 16.5. The van der Waals surface area contributed by atoms with Crippen LogP contribution in [0.4, 0.5) is 0 Å². The summed E-state index contributed by atoms with van der Waals surface area (Å²) in [6.07, 6.45) is 3.89. The Morgan fingerprint density at radius 3 is 2.19 bits per heavy atom. The van der Waals surface area contributed by atoms with E-state index in [4.69, 9.17) is 14.8 Å². The summed E-state index contributed by atoms with van der Waals surface area (Å²) < 4.78 is 5.48. The largest absolute Gasteiger partial charge is 0.488 e. The van der Waals surface area contributed by atoms with E-state index >= 15 is 0 Å². The molecule has 0 unspecified atom stereocenters. The SMILES string of the molecule is CCCC(CCC)C(=O)COCc1ccc(B(O)O)cc1. The molecule has 0 atom stereocenters. The number of Topliss-reactive ketones (excluding diaryl/α,β-unsaturated/α-hetero) is 1. The number of rotatable bonds is 10. The van der Waals surface area contributed by atoms with Gasteiger partial charge in [0.25, 0.3) is 0 Å². The normalized spacial score (nSPS) is 10.9. The van der Waals surface area contributed by atoms with Crippen molar-refractivity contribution in [3.8, 4) is 0 Å². The van der Waals surface area contributed by atoms with Crippen molar-refractivity contribution in [3.63, 3.8) is 0 Å². The van der Waals surface area contributed by atoms with E-state index in [-0.39, 0.29) is 18.3 Å². The first-order chi connectivity index (χ1) is 10.1. The zero-order valence-corrected chi connectivity index (χ0v) is 12.9. The summed E-state index contributed by atoms with van der Waals surface area (Å²) in [4.78, 5) is 12.1. The van der Waals surface area contributed by atoms with Crippen molar-refractivity contribution in [1.82, 2.24) is 0 Å². The molecule has 0 radical (unpaired) electrons. The van der Waals surface area contributed by atoms with Crippen LogP contribution in [0.25, 0.3) is 0 Å². The predicted octanol–water partition coefficient (Wildman–Crippen LogP) is 1.67. The number of carbonyl (C=O) groups excluding carboxylic acids is 1. The quantitative estimate of drug-likeness (QED) is 0.644. The molecule has 1 aromatic rings. The highest BCUT2D eigenvalue weighted by Crippen LogP contribution is 2.15. The summed E-state index contributed by atoms with van der Waals surface area (Å²) in [7, 11) is -1.45. The van der Waals surface area contributed by atoms with E-state index in [0.717, 1.165) is 31.2 Å². The van der Waals surface area contributed by atoms with Gasteiger partial charge in [-0.2, -0.15) is 0 Å². The Hall–Kier alpha value is -1.17. The topological polar surface area (TPSA) is 66.8 Å². The maximum absolute atomic E-state index is 12.1. The first kappa shape index (κ1) is 17.9. The average molecular weight is 292 g/mol. The van der Waals surface area contributed by atoms with Crippen molar-refractivity contribution in [2.45, 2.75) is 46.1 Å². The third kappa shape index (κ3) is 6.42. The van der Waals surface area contributed by atoms with E-state index in [2.05, 4.69) is 13.8 Å².